The summed E-state index contributed by atoms with van der Waals surface area (Å²) in [4.78, 5) is 28.8. The van der Waals surface area contributed by atoms with Crippen LogP contribution in [0, 0.1) is 0 Å². The standard InChI is InChI=1S/C20H16N4O3/c1-24-12-15(11-23-24)17-7-6-13(9-21-17)10-22-19(25)16-8-14-4-2-3-5-18(14)27-20(16)26/h2-9,11-12H,10H2,1H3,(H,22,25). The van der Waals surface area contributed by atoms with Crippen molar-refractivity contribution in [3.8, 4) is 11.3 Å². The van der Waals surface area contributed by atoms with Gasteiger partial charge in [0, 0.05) is 36.9 Å². The number of aryl methyl sites for hydroxylation is 1. The predicted octanol–water partition coefficient (Wildman–Crippen LogP) is 2.52. The second-order valence-corrected chi connectivity index (χ2v) is 6.12. The van der Waals surface area contributed by atoms with Crippen LogP contribution < -0.4 is 10.9 Å². The number of amides is 1. The van der Waals surface area contributed by atoms with Gasteiger partial charge in [0.1, 0.15) is 11.1 Å². The van der Waals surface area contributed by atoms with E-state index in [4.69, 9.17) is 4.42 Å². The lowest BCUT2D eigenvalue weighted by Crippen LogP contribution is -2.27. The largest absolute Gasteiger partial charge is 0.422 e. The van der Waals surface area contributed by atoms with E-state index in [2.05, 4.69) is 15.4 Å². The van der Waals surface area contributed by atoms with Gasteiger partial charge in [-0.3, -0.25) is 14.5 Å². The maximum Gasteiger partial charge on any atom is 0.349 e. The first kappa shape index (κ1) is 16.7. The Kier molecular flexibility index (Phi) is 4.25. The summed E-state index contributed by atoms with van der Waals surface area (Å²) >= 11 is 0. The fourth-order valence-corrected chi connectivity index (χ4v) is 2.75. The number of aromatic nitrogens is 3. The Bertz CT molecular complexity index is 1180. The van der Waals surface area contributed by atoms with Crippen LogP contribution in [0.3, 0.4) is 0 Å². The highest BCUT2D eigenvalue weighted by molar-refractivity contribution is 5.96. The van der Waals surface area contributed by atoms with E-state index in [1.165, 1.54) is 0 Å². The zero-order valence-corrected chi connectivity index (χ0v) is 14.5. The second-order valence-electron chi connectivity index (χ2n) is 6.12. The summed E-state index contributed by atoms with van der Waals surface area (Å²) in [7, 11) is 1.84. The lowest BCUT2D eigenvalue weighted by Gasteiger charge is -2.06. The molecule has 27 heavy (non-hydrogen) atoms. The summed E-state index contributed by atoms with van der Waals surface area (Å²) in [5.74, 6) is -0.481. The molecule has 0 bridgehead atoms. The van der Waals surface area contributed by atoms with Crippen LogP contribution in [0.1, 0.15) is 15.9 Å². The molecule has 134 valence electrons. The third kappa shape index (κ3) is 3.48. The Labute approximate surface area is 154 Å². The van der Waals surface area contributed by atoms with Crippen LogP contribution in [-0.4, -0.2) is 20.7 Å². The van der Waals surface area contributed by atoms with Crippen molar-refractivity contribution in [2.24, 2.45) is 7.05 Å². The van der Waals surface area contributed by atoms with Crippen molar-refractivity contribution in [1.29, 1.82) is 0 Å². The SMILES string of the molecule is Cn1cc(-c2ccc(CNC(=O)c3cc4ccccc4oc3=O)cn2)cn1. The van der Waals surface area contributed by atoms with E-state index < -0.39 is 11.5 Å². The minimum Gasteiger partial charge on any atom is -0.422 e. The first-order valence-electron chi connectivity index (χ1n) is 8.35. The second kappa shape index (κ2) is 6.87. The van der Waals surface area contributed by atoms with Crippen molar-refractivity contribution in [3.05, 3.63) is 82.6 Å². The Hall–Kier alpha value is -3.74. The summed E-state index contributed by atoms with van der Waals surface area (Å²) in [6, 6.07) is 12.3. The van der Waals surface area contributed by atoms with Gasteiger partial charge in [-0.05, 0) is 23.8 Å². The van der Waals surface area contributed by atoms with E-state index >= 15 is 0 Å². The summed E-state index contributed by atoms with van der Waals surface area (Å²) < 4.78 is 6.90. The molecule has 0 fully saturated rings. The summed E-state index contributed by atoms with van der Waals surface area (Å²) in [5.41, 5.74) is 2.32. The molecule has 3 heterocycles. The fourth-order valence-electron chi connectivity index (χ4n) is 2.75. The van der Waals surface area contributed by atoms with E-state index in [0.717, 1.165) is 16.8 Å². The number of pyridine rings is 1. The van der Waals surface area contributed by atoms with Gasteiger partial charge in [-0.1, -0.05) is 24.3 Å². The van der Waals surface area contributed by atoms with Crippen LogP contribution in [0.25, 0.3) is 22.2 Å². The summed E-state index contributed by atoms with van der Waals surface area (Å²) in [5, 5.41) is 7.55. The number of fused-ring (bicyclic) bond motifs is 1. The molecule has 1 aromatic carbocycles. The van der Waals surface area contributed by atoms with E-state index in [0.29, 0.717) is 11.0 Å². The highest BCUT2D eigenvalue weighted by Gasteiger charge is 2.13. The van der Waals surface area contributed by atoms with Crippen LogP contribution in [0.15, 0.2) is 70.3 Å². The maximum absolute atomic E-state index is 12.4. The Morgan fingerprint density at radius 1 is 1.19 bits per heavy atom. The number of carbonyl (C=O) groups is 1. The maximum atomic E-state index is 12.4. The van der Waals surface area contributed by atoms with Gasteiger partial charge in [-0.2, -0.15) is 5.10 Å². The number of carbonyl (C=O) groups excluding carboxylic acids is 1. The Morgan fingerprint density at radius 3 is 2.78 bits per heavy atom. The molecule has 0 spiro atoms. The third-order valence-corrected chi connectivity index (χ3v) is 4.16. The molecule has 0 aliphatic heterocycles. The minimum atomic E-state index is -0.656. The van der Waals surface area contributed by atoms with Crippen molar-refractivity contribution < 1.29 is 9.21 Å². The van der Waals surface area contributed by atoms with Gasteiger partial charge in [-0.15, -0.1) is 0 Å². The molecular formula is C20H16N4O3. The number of benzene rings is 1. The van der Waals surface area contributed by atoms with Gasteiger partial charge < -0.3 is 9.73 Å². The average Bonchev–Trinajstić information content (AvgIpc) is 3.12. The monoisotopic (exact) mass is 360 g/mol. The number of nitrogens with zero attached hydrogens (tertiary/aromatic N) is 3. The van der Waals surface area contributed by atoms with Crippen molar-refractivity contribution in [1.82, 2.24) is 20.1 Å². The number of para-hydroxylation sites is 1. The van der Waals surface area contributed by atoms with Crippen molar-refractivity contribution in [2.45, 2.75) is 6.54 Å². The first-order chi connectivity index (χ1) is 13.1. The van der Waals surface area contributed by atoms with Crippen LogP contribution in [-0.2, 0) is 13.6 Å². The van der Waals surface area contributed by atoms with Crippen LogP contribution in [0.2, 0.25) is 0 Å². The van der Waals surface area contributed by atoms with E-state index in [9.17, 15) is 9.59 Å². The lowest BCUT2D eigenvalue weighted by atomic mass is 10.1. The average molecular weight is 360 g/mol. The molecule has 1 N–H and O–H groups in total. The smallest absolute Gasteiger partial charge is 0.349 e. The number of hydrogen-bond donors (Lipinski definition) is 1. The zero-order valence-electron chi connectivity index (χ0n) is 14.5. The molecule has 0 radical (unpaired) electrons. The van der Waals surface area contributed by atoms with Crippen LogP contribution in [0.4, 0.5) is 0 Å². The molecule has 4 aromatic rings. The van der Waals surface area contributed by atoms with E-state index in [1.54, 1.807) is 41.3 Å². The molecule has 0 unspecified atom stereocenters. The quantitative estimate of drug-likeness (QED) is 0.565. The van der Waals surface area contributed by atoms with Gasteiger partial charge >= 0.3 is 5.63 Å². The summed E-state index contributed by atoms with van der Waals surface area (Å²) in [6.45, 7) is 0.255. The molecule has 0 aliphatic carbocycles. The molecule has 7 nitrogen and oxygen atoms in total. The Morgan fingerprint density at radius 2 is 2.04 bits per heavy atom. The van der Waals surface area contributed by atoms with Gasteiger partial charge in [0.25, 0.3) is 5.91 Å². The first-order valence-corrected chi connectivity index (χ1v) is 8.35. The predicted molar refractivity (Wildman–Crippen MR) is 100 cm³/mol. The molecule has 0 saturated carbocycles. The molecular weight excluding hydrogens is 344 g/mol. The summed E-state index contributed by atoms with van der Waals surface area (Å²) in [6.07, 6.45) is 5.30. The number of rotatable bonds is 4. The van der Waals surface area contributed by atoms with E-state index in [-0.39, 0.29) is 12.1 Å². The fraction of sp³-hybridized carbons (Fsp3) is 0.100. The highest BCUT2D eigenvalue weighted by Crippen LogP contribution is 2.16. The van der Waals surface area contributed by atoms with Gasteiger partial charge in [-0.25, -0.2) is 4.79 Å². The molecule has 1 amide bonds. The normalized spacial score (nSPS) is 10.9. The van der Waals surface area contributed by atoms with E-state index in [1.807, 2.05) is 31.4 Å². The molecule has 4 rings (SSSR count). The lowest BCUT2D eigenvalue weighted by molar-refractivity contribution is 0.0947. The topological polar surface area (TPSA) is 90.0 Å². The van der Waals surface area contributed by atoms with Crippen LogP contribution >= 0.6 is 0 Å². The minimum absolute atomic E-state index is 0.0198. The van der Waals surface area contributed by atoms with Crippen molar-refractivity contribution in [2.75, 3.05) is 0 Å². The number of hydrogen-bond acceptors (Lipinski definition) is 5. The molecule has 0 saturated heterocycles. The zero-order chi connectivity index (χ0) is 18.8. The highest BCUT2D eigenvalue weighted by atomic mass is 16.4. The third-order valence-electron chi connectivity index (χ3n) is 4.16. The Balaban J connectivity index is 1.48. The molecule has 0 atom stereocenters. The van der Waals surface area contributed by atoms with Crippen molar-refractivity contribution in [3.63, 3.8) is 0 Å². The van der Waals surface area contributed by atoms with Gasteiger partial charge in [0.15, 0.2) is 0 Å². The number of nitrogens with one attached hydrogen (secondary N) is 1. The van der Waals surface area contributed by atoms with Crippen LogP contribution in [0.5, 0.6) is 0 Å². The van der Waals surface area contributed by atoms with Crippen molar-refractivity contribution >= 4 is 16.9 Å². The van der Waals surface area contributed by atoms with Gasteiger partial charge in [0.2, 0.25) is 0 Å². The molecule has 0 aliphatic rings. The molecule has 3 aromatic heterocycles. The van der Waals surface area contributed by atoms with Gasteiger partial charge in [0.05, 0.1) is 11.9 Å². The molecule has 7 heteroatoms.